The number of carbonyl (C=O) groups excluding carboxylic acids is 1. The number of nitrogens with two attached hydrogens (primary N) is 1. The van der Waals surface area contributed by atoms with Crippen molar-refractivity contribution in [3.8, 4) is 0 Å². The van der Waals surface area contributed by atoms with Crippen LogP contribution in [0.2, 0.25) is 5.02 Å². The molecule has 100 valence electrons. The van der Waals surface area contributed by atoms with E-state index in [-0.39, 0.29) is 23.8 Å². The van der Waals surface area contributed by atoms with Crippen molar-refractivity contribution in [3.05, 3.63) is 28.8 Å². The van der Waals surface area contributed by atoms with Crippen molar-refractivity contribution in [3.63, 3.8) is 0 Å². The molecule has 1 aromatic carbocycles. The molecule has 1 rings (SSSR count). The Morgan fingerprint density at radius 2 is 2.06 bits per heavy atom. The Bertz CT molecular complexity index is 425. The van der Waals surface area contributed by atoms with Crippen molar-refractivity contribution in [1.29, 1.82) is 0 Å². The van der Waals surface area contributed by atoms with E-state index in [1.165, 1.54) is 6.07 Å². The number of benzene rings is 1. The van der Waals surface area contributed by atoms with Crippen LogP contribution in [0.1, 0.15) is 23.7 Å². The molecule has 0 aliphatic heterocycles. The highest BCUT2D eigenvalue weighted by Gasteiger charge is 2.29. The van der Waals surface area contributed by atoms with Crippen molar-refractivity contribution in [2.45, 2.75) is 18.9 Å². The maximum atomic E-state index is 12.0. The first-order chi connectivity index (χ1) is 8.49. The van der Waals surface area contributed by atoms with E-state index < -0.39 is 11.4 Å². The van der Waals surface area contributed by atoms with Crippen LogP contribution < -0.4 is 11.1 Å². The summed E-state index contributed by atoms with van der Waals surface area (Å²) in [5.74, 6) is -0.475. The van der Waals surface area contributed by atoms with Crippen LogP contribution in [-0.2, 0) is 0 Å². The van der Waals surface area contributed by atoms with Gasteiger partial charge in [-0.2, -0.15) is 0 Å². The summed E-state index contributed by atoms with van der Waals surface area (Å²) in [6.45, 7) is 1.05. The number of aliphatic hydroxyl groups is 2. The van der Waals surface area contributed by atoms with E-state index in [2.05, 4.69) is 5.32 Å². The van der Waals surface area contributed by atoms with Crippen molar-refractivity contribution >= 4 is 23.2 Å². The second-order valence-electron chi connectivity index (χ2n) is 4.11. The van der Waals surface area contributed by atoms with E-state index in [4.69, 9.17) is 17.3 Å². The first-order valence-electron chi connectivity index (χ1n) is 5.58. The fraction of sp³-hybridized carbons (Fsp3) is 0.417. The zero-order valence-electron chi connectivity index (χ0n) is 10.1. The molecule has 5 nitrogen and oxygen atoms in total. The predicted octanol–water partition coefficient (Wildman–Crippen LogP) is 0.785. The molecule has 0 saturated heterocycles. The summed E-state index contributed by atoms with van der Waals surface area (Å²) in [6, 6.07) is 4.73. The largest absolute Gasteiger partial charge is 0.398 e. The van der Waals surface area contributed by atoms with Crippen LogP contribution in [0.25, 0.3) is 0 Å². The second-order valence-corrected chi connectivity index (χ2v) is 4.49. The Morgan fingerprint density at radius 1 is 1.44 bits per heavy atom. The normalized spacial score (nSPS) is 11.3. The van der Waals surface area contributed by atoms with Crippen LogP contribution in [-0.4, -0.2) is 34.9 Å². The average Bonchev–Trinajstić information content (AvgIpc) is 2.39. The summed E-state index contributed by atoms with van der Waals surface area (Å²) >= 11 is 5.94. The van der Waals surface area contributed by atoms with Crippen LogP contribution in [0.4, 0.5) is 5.69 Å². The molecule has 0 saturated carbocycles. The first-order valence-corrected chi connectivity index (χ1v) is 5.95. The molecule has 0 aromatic heterocycles. The monoisotopic (exact) mass is 272 g/mol. The fourth-order valence-electron chi connectivity index (χ4n) is 1.47. The molecule has 0 fully saturated rings. The van der Waals surface area contributed by atoms with Gasteiger partial charge in [0.2, 0.25) is 0 Å². The minimum atomic E-state index is -1.05. The SMILES string of the molecule is CCC(CO)(CO)NC(=O)c1cccc(N)c1Cl. The Hall–Kier alpha value is -1.30. The van der Waals surface area contributed by atoms with Crippen LogP contribution in [0.3, 0.4) is 0 Å². The van der Waals surface area contributed by atoms with Crippen molar-refractivity contribution < 1.29 is 15.0 Å². The molecule has 1 aromatic rings. The molecule has 0 bridgehead atoms. The van der Waals surface area contributed by atoms with Gasteiger partial charge in [0.25, 0.3) is 5.91 Å². The molecule has 0 heterocycles. The van der Waals surface area contributed by atoms with E-state index in [1.807, 2.05) is 0 Å². The third kappa shape index (κ3) is 2.93. The highest BCUT2D eigenvalue weighted by Crippen LogP contribution is 2.23. The minimum Gasteiger partial charge on any atom is -0.398 e. The molecule has 0 aliphatic rings. The molecule has 1 amide bonds. The zero-order valence-corrected chi connectivity index (χ0v) is 10.9. The molecular weight excluding hydrogens is 256 g/mol. The third-order valence-corrected chi connectivity index (χ3v) is 3.36. The van der Waals surface area contributed by atoms with E-state index in [1.54, 1.807) is 19.1 Å². The molecular formula is C12H17ClN2O3. The van der Waals surface area contributed by atoms with Gasteiger partial charge in [0.1, 0.15) is 0 Å². The Balaban J connectivity index is 2.98. The smallest absolute Gasteiger partial charge is 0.253 e. The number of hydrogen-bond acceptors (Lipinski definition) is 4. The summed E-state index contributed by atoms with van der Waals surface area (Å²) in [6.07, 6.45) is 0.395. The van der Waals surface area contributed by atoms with Gasteiger partial charge in [-0.25, -0.2) is 0 Å². The molecule has 0 atom stereocenters. The second kappa shape index (κ2) is 6.04. The van der Waals surface area contributed by atoms with Crippen molar-refractivity contribution in [2.75, 3.05) is 18.9 Å². The predicted molar refractivity (Wildman–Crippen MR) is 70.5 cm³/mol. The zero-order chi connectivity index (χ0) is 13.8. The highest BCUT2D eigenvalue weighted by molar-refractivity contribution is 6.36. The van der Waals surface area contributed by atoms with Gasteiger partial charge >= 0.3 is 0 Å². The lowest BCUT2D eigenvalue weighted by molar-refractivity contribution is 0.0653. The Labute approximate surface area is 111 Å². The molecule has 6 heteroatoms. The lowest BCUT2D eigenvalue weighted by Gasteiger charge is -2.29. The summed E-state index contributed by atoms with van der Waals surface area (Å²) in [7, 11) is 0. The van der Waals surface area contributed by atoms with Crippen molar-refractivity contribution in [2.24, 2.45) is 0 Å². The van der Waals surface area contributed by atoms with Crippen LogP contribution in [0.5, 0.6) is 0 Å². The van der Waals surface area contributed by atoms with E-state index in [9.17, 15) is 15.0 Å². The van der Waals surface area contributed by atoms with Gasteiger partial charge in [0.15, 0.2) is 0 Å². The Morgan fingerprint density at radius 3 is 2.56 bits per heavy atom. The number of hydrogen-bond donors (Lipinski definition) is 4. The molecule has 5 N–H and O–H groups in total. The number of anilines is 1. The Kier molecular flexibility index (Phi) is 4.95. The van der Waals surface area contributed by atoms with E-state index >= 15 is 0 Å². The van der Waals surface area contributed by atoms with Crippen LogP contribution in [0.15, 0.2) is 18.2 Å². The number of aliphatic hydroxyl groups excluding tert-OH is 2. The van der Waals surface area contributed by atoms with Gasteiger partial charge in [0.05, 0.1) is 35.0 Å². The lowest BCUT2D eigenvalue weighted by Crippen LogP contribution is -2.53. The molecule has 0 aliphatic carbocycles. The quantitative estimate of drug-likeness (QED) is 0.596. The highest BCUT2D eigenvalue weighted by atomic mass is 35.5. The number of carbonyl (C=O) groups is 1. The van der Waals surface area contributed by atoms with Gasteiger partial charge in [0, 0.05) is 0 Å². The average molecular weight is 273 g/mol. The molecule has 0 spiro atoms. The summed E-state index contributed by atoms with van der Waals surface area (Å²) in [5.41, 5.74) is 5.08. The summed E-state index contributed by atoms with van der Waals surface area (Å²) in [5, 5.41) is 21.3. The minimum absolute atomic E-state index is 0.163. The number of rotatable bonds is 5. The van der Waals surface area contributed by atoms with Gasteiger partial charge in [-0.05, 0) is 18.6 Å². The first kappa shape index (κ1) is 14.8. The van der Waals surface area contributed by atoms with E-state index in [0.29, 0.717) is 12.1 Å². The van der Waals surface area contributed by atoms with Gasteiger partial charge in [-0.1, -0.05) is 24.6 Å². The number of nitrogens with one attached hydrogen (secondary N) is 1. The summed E-state index contributed by atoms with van der Waals surface area (Å²) < 4.78 is 0. The molecule has 18 heavy (non-hydrogen) atoms. The molecule has 0 unspecified atom stereocenters. The maximum absolute atomic E-state index is 12.0. The van der Waals surface area contributed by atoms with Gasteiger partial charge in [-0.15, -0.1) is 0 Å². The van der Waals surface area contributed by atoms with Gasteiger partial charge in [-0.3, -0.25) is 4.79 Å². The maximum Gasteiger partial charge on any atom is 0.253 e. The third-order valence-electron chi connectivity index (χ3n) is 2.93. The summed E-state index contributed by atoms with van der Waals surface area (Å²) in [4.78, 5) is 12.0. The fourth-order valence-corrected chi connectivity index (χ4v) is 1.69. The number of amides is 1. The number of halogens is 1. The topological polar surface area (TPSA) is 95.6 Å². The van der Waals surface area contributed by atoms with E-state index in [0.717, 1.165) is 0 Å². The molecule has 0 radical (unpaired) electrons. The lowest BCUT2D eigenvalue weighted by atomic mass is 9.97. The standard InChI is InChI=1S/C12H17ClN2O3/c1-2-12(6-16,7-17)15-11(18)8-4-3-5-9(14)10(8)13/h3-5,16-17H,2,6-7,14H2,1H3,(H,15,18). The number of nitrogen functional groups attached to an aromatic ring is 1. The van der Waals surface area contributed by atoms with Gasteiger partial charge < -0.3 is 21.3 Å². The van der Waals surface area contributed by atoms with Crippen LogP contribution in [0, 0.1) is 0 Å². The van der Waals surface area contributed by atoms with Crippen LogP contribution >= 0.6 is 11.6 Å². The van der Waals surface area contributed by atoms with Crippen molar-refractivity contribution in [1.82, 2.24) is 5.32 Å².